The number of carbonyl (C=O) groups excluding carboxylic acids is 1. The summed E-state index contributed by atoms with van der Waals surface area (Å²) in [6.45, 7) is -0.156. The Morgan fingerprint density at radius 1 is 1.07 bits per heavy atom. The maximum atomic E-state index is 12.8. The number of furan rings is 2. The molecule has 0 saturated heterocycles. The molecule has 0 radical (unpaired) electrons. The quantitative estimate of drug-likeness (QED) is 0.612. The molecule has 0 saturated carbocycles. The molecule has 0 fully saturated rings. The van der Waals surface area contributed by atoms with Gasteiger partial charge in [0.15, 0.2) is 17.1 Å². The van der Waals surface area contributed by atoms with Gasteiger partial charge in [0.1, 0.15) is 5.76 Å². The van der Waals surface area contributed by atoms with Crippen molar-refractivity contribution in [1.82, 2.24) is 5.32 Å². The summed E-state index contributed by atoms with van der Waals surface area (Å²) in [4.78, 5) is 12.8. The van der Waals surface area contributed by atoms with E-state index in [2.05, 4.69) is 5.32 Å². The molecule has 3 rings (SSSR count). The van der Waals surface area contributed by atoms with Crippen LogP contribution in [0, 0.1) is 0 Å². The van der Waals surface area contributed by atoms with Crippen LogP contribution in [0.3, 0.4) is 0 Å². The van der Waals surface area contributed by atoms with Crippen molar-refractivity contribution in [1.29, 1.82) is 0 Å². The predicted octanol–water partition coefficient (Wildman–Crippen LogP) is 2.56. The van der Waals surface area contributed by atoms with Gasteiger partial charge in [-0.05, 0) is 30.3 Å². The van der Waals surface area contributed by atoms with Crippen molar-refractivity contribution in [3.63, 3.8) is 0 Å². The molecule has 1 unspecified atom stereocenters. The second-order valence-corrected chi connectivity index (χ2v) is 5.91. The molecule has 1 aromatic carbocycles. The number of amides is 1. The Hall–Kier alpha value is -3.39. The van der Waals surface area contributed by atoms with Crippen molar-refractivity contribution in [3.05, 3.63) is 66.0 Å². The highest BCUT2D eigenvalue weighted by Crippen LogP contribution is 2.39. The van der Waals surface area contributed by atoms with E-state index in [0.717, 1.165) is 0 Å². The fourth-order valence-corrected chi connectivity index (χ4v) is 2.93. The minimum Gasteiger partial charge on any atom is -0.493 e. The highest BCUT2D eigenvalue weighted by atomic mass is 16.5. The van der Waals surface area contributed by atoms with E-state index in [4.69, 9.17) is 23.0 Å². The SMILES string of the molecule is COc1ccc(C(=O)NCC(O)(c2ccoc2)c2ccco2)c(OC)c1OC. The molecule has 0 aliphatic heterocycles. The van der Waals surface area contributed by atoms with Crippen LogP contribution in [-0.4, -0.2) is 38.9 Å². The topological polar surface area (TPSA) is 103 Å². The van der Waals surface area contributed by atoms with Crippen molar-refractivity contribution in [2.24, 2.45) is 0 Å². The standard InChI is InChI=1S/C20H21NO7/c1-24-15-7-6-14(17(25-2)18(15)26-3)19(22)21-12-20(23,13-8-10-27-11-13)16-5-4-9-28-16/h4-11,23H,12H2,1-3H3,(H,21,22). The summed E-state index contributed by atoms with van der Waals surface area (Å²) in [5, 5.41) is 13.9. The lowest BCUT2D eigenvalue weighted by Crippen LogP contribution is -2.41. The third-order valence-corrected chi connectivity index (χ3v) is 4.38. The number of nitrogens with one attached hydrogen (secondary N) is 1. The highest BCUT2D eigenvalue weighted by Gasteiger charge is 2.36. The summed E-state index contributed by atoms with van der Waals surface area (Å²) >= 11 is 0. The first kappa shape index (κ1) is 19.4. The van der Waals surface area contributed by atoms with Gasteiger partial charge in [-0.15, -0.1) is 0 Å². The van der Waals surface area contributed by atoms with E-state index in [1.54, 1.807) is 30.3 Å². The second-order valence-electron chi connectivity index (χ2n) is 5.91. The molecule has 0 bridgehead atoms. The lowest BCUT2D eigenvalue weighted by atomic mass is 9.93. The summed E-state index contributed by atoms with van der Waals surface area (Å²) < 4.78 is 26.3. The lowest BCUT2D eigenvalue weighted by Gasteiger charge is -2.25. The molecule has 0 spiro atoms. The molecule has 28 heavy (non-hydrogen) atoms. The van der Waals surface area contributed by atoms with E-state index in [9.17, 15) is 9.90 Å². The van der Waals surface area contributed by atoms with Crippen molar-refractivity contribution in [2.75, 3.05) is 27.9 Å². The van der Waals surface area contributed by atoms with E-state index in [0.29, 0.717) is 17.1 Å². The molecule has 2 aromatic heterocycles. The zero-order valence-corrected chi connectivity index (χ0v) is 15.7. The van der Waals surface area contributed by atoms with Gasteiger partial charge in [-0.2, -0.15) is 0 Å². The van der Waals surface area contributed by atoms with E-state index in [1.807, 2.05) is 0 Å². The van der Waals surface area contributed by atoms with Gasteiger partial charge in [-0.25, -0.2) is 0 Å². The van der Waals surface area contributed by atoms with Crippen molar-refractivity contribution in [3.8, 4) is 17.2 Å². The second kappa shape index (κ2) is 8.10. The predicted molar refractivity (Wildman–Crippen MR) is 98.8 cm³/mol. The van der Waals surface area contributed by atoms with Crippen LogP contribution < -0.4 is 19.5 Å². The van der Waals surface area contributed by atoms with Crippen LogP contribution in [0.4, 0.5) is 0 Å². The minimum atomic E-state index is -1.60. The van der Waals surface area contributed by atoms with Crippen LogP contribution in [0.2, 0.25) is 0 Å². The Balaban J connectivity index is 1.89. The van der Waals surface area contributed by atoms with Gasteiger partial charge in [-0.3, -0.25) is 4.79 Å². The molecule has 2 heterocycles. The van der Waals surface area contributed by atoms with Gasteiger partial charge >= 0.3 is 0 Å². The number of aliphatic hydroxyl groups is 1. The molecular formula is C20H21NO7. The molecule has 1 atom stereocenters. The van der Waals surface area contributed by atoms with Crippen LogP contribution in [0.5, 0.6) is 17.2 Å². The zero-order valence-electron chi connectivity index (χ0n) is 15.7. The maximum Gasteiger partial charge on any atom is 0.255 e. The third kappa shape index (κ3) is 3.41. The Labute approximate surface area is 161 Å². The molecule has 8 nitrogen and oxygen atoms in total. The summed E-state index contributed by atoms with van der Waals surface area (Å²) in [7, 11) is 4.38. The molecule has 0 aliphatic rings. The zero-order chi connectivity index (χ0) is 20.1. The monoisotopic (exact) mass is 387 g/mol. The Kier molecular flexibility index (Phi) is 5.60. The smallest absolute Gasteiger partial charge is 0.255 e. The first-order valence-electron chi connectivity index (χ1n) is 8.41. The largest absolute Gasteiger partial charge is 0.493 e. The van der Waals surface area contributed by atoms with Crippen molar-refractivity contribution < 1.29 is 32.9 Å². The average Bonchev–Trinajstić information content (AvgIpc) is 3.44. The molecule has 148 valence electrons. The summed E-state index contributed by atoms with van der Waals surface area (Å²) in [6, 6.07) is 8.03. The van der Waals surface area contributed by atoms with Crippen LogP contribution in [0.25, 0.3) is 0 Å². The van der Waals surface area contributed by atoms with Crippen molar-refractivity contribution >= 4 is 5.91 Å². The lowest BCUT2D eigenvalue weighted by molar-refractivity contribution is 0.0519. The Morgan fingerprint density at radius 3 is 2.43 bits per heavy atom. The molecular weight excluding hydrogens is 366 g/mol. The van der Waals surface area contributed by atoms with Crippen LogP contribution in [0.1, 0.15) is 21.7 Å². The summed E-state index contributed by atoms with van der Waals surface area (Å²) in [5.74, 6) is 0.763. The van der Waals surface area contributed by atoms with Gasteiger partial charge in [0.2, 0.25) is 5.75 Å². The number of carbonyl (C=O) groups is 1. The number of methoxy groups -OCH3 is 3. The highest BCUT2D eigenvalue weighted by molar-refractivity contribution is 5.98. The van der Waals surface area contributed by atoms with Gasteiger partial charge in [0, 0.05) is 5.56 Å². The Morgan fingerprint density at radius 2 is 1.86 bits per heavy atom. The number of ether oxygens (including phenoxy) is 3. The molecule has 8 heteroatoms. The minimum absolute atomic E-state index is 0.156. The Bertz CT molecular complexity index is 882. The normalized spacial score (nSPS) is 12.9. The van der Waals surface area contributed by atoms with Gasteiger partial charge in [-0.1, -0.05) is 0 Å². The molecule has 1 amide bonds. The number of hydrogen-bond donors (Lipinski definition) is 2. The van der Waals surface area contributed by atoms with E-state index in [-0.39, 0.29) is 23.6 Å². The molecule has 0 aliphatic carbocycles. The van der Waals surface area contributed by atoms with E-state index >= 15 is 0 Å². The van der Waals surface area contributed by atoms with Crippen LogP contribution >= 0.6 is 0 Å². The maximum absolute atomic E-state index is 12.8. The van der Waals surface area contributed by atoms with Gasteiger partial charge in [0.05, 0.1) is 52.2 Å². The summed E-state index contributed by atoms with van der Waals surface area (Å²) in [6.07, 6.45) is 4.27. The van der Waals surface area contributed by atoms with E-state index < -0.39 is 11.5 Å². The van der Waals surface area contributed by atoms with Gasteiger partial charge in [0.25, 0.3) is 5.91 Å². The first-order valence-corrected chi connectivity index (χ1v) is 8.41. The van der Waals surface area contributed by atoms with Crippen molar-refractivity contribution in [2.45, 2.75) is 5.60 Å². The van der Waals surface area contributed by atoms with Crippen LogP contribution in [-0.2, 0) is 5.60 Å². The number of benzene rings is 1. The fraction of sp³-hybridized carbons (Fsp3) is 0.250. The number of rotatable bonds is 8. The number of hydrogen-bond acceptors (Lipinski definition) is 7. The fourth-order valence-electron chi connectivity index (χ4n) is 2.93. The van der Waals surface area contributed by atoms with Crippen LogP contribution in [0.15, 0.2) is 58.0 Å². The first-order chi connectivity index (χ1) is 13.5. The molecule has 3 aromatic rings. The van der Waals surface area contributed by atoms with E-state index in [1.165, 1.54) is 40.1 Å². The molecule has 2 N–H and O–H groups in total. The third-order valence-electron chi connectivity index (χ3n) is 4.38. The van der Waals surface area contributed by atoms with Gasteiger partial charge < -0.3 is 33.5 Å². The average molecular weight is 387 g/mol. The summed E-state index contributed by atoms with van der Waals surface area (Å²) in [5.41, 5.74) is -0.924.